The lowest BCUT2D eigenvalue weighted by atomic mass is 10.2. The molecule has 4 nitrogen and oxygen atoms in total. The number of carbonyl (C=O) groups is 1. The number of alkyl halides is 2. The minimum absolute atomic E-state index is 0.0738. The van der Waals surface area contributed by atoms with Crippen LogP contribution in [0.3, 0.4) is 0 Å². The van der Waals surface area contributed by atoms with Gasteiger partial charge in [0, 0.05) is 5.69 Å². The van der Waals surface area contributed by atoms with Gasteiger partial charge in [0.1, 0.15) is 11.8 Å². The van der Waals surface area contributed by atoms with Crippen molar-refractivity contribution in [3.8, 4) is 5.75 Å². The van der Waals surface area contributed by atoms with Gasteiger partial charge in [0.05, 0.1) is 6.61 Å². The standard InChI is InChI=1S/C13H17F2NO3/c1-3-11(12(17)18-4-2)16-9-5-7-10(8-6-9)19-13(14)15/h5-8,11,13,16H,3-4H2,1-2H3. The molecule has 106 valence electrons. The Hall–Kier alpha value is -1.85. The molecule has 0 saturated carbocycles. The van der Waals surface area contributed by atoms with Crippen molar-refractivity contribution in [1.29, 1.82) is 0 Å². The number of benzene rings is 1. The van der Waals surface area contributed by atoms with Gasteiger partial charge in [0.25, 0.3) is 0 Å². The molecular weight excluding hydrogens is 256 g/mol. The smallest absolute Gasteiger partial charge is 0.387 e. The number of anilines is 1. The minimum atomic E-state index is -2.85. The maximum atomic E-state index is 12.0. The van der Waals surface area contributed by atoms with E-state index in [1.807, 2.05) is 6.92 Å². The topological polar surface area (TPSA) is 47.6 Å². The van der Waals surface area contributed by atoms with E-state index in [9.17, 15) is 13.6 Å². The van der Waals surface area contributed by atoms with Gasteiger partial charge in [-0.25, -0.2) is 4.79 Å². The molecule has 0 aliphatic heterocycles. The Morgan fingerprint density at radius 2 is 1.89 bits per heavy atom. The van der Waals surface area contributed by atoms with Crippen LogP contribution in [0.5, 0.6) is 5.75 Å². The van der Waals surface area contributed by atoms with Crippen LogP contribution in [0.1, 0.15) is 20.3 Å². The van der Waals surface area contributed by atoms with Gasteiger partial charge >= 0.3 is 12.6 Å². The van der Waals surface area contributed by atoms with Crippen LogP contribution in [0.25, 0.3) is 0 Å². The first-order valence-corrected chi connectivity index (χ1v) is 6.04. The van der Waals surface area contributed by atoms with E-state index in [1.165, 1.54) is 12.1 Å². The largest absolute Gasteiger partial charge is 0.464 e. The molecule has 0 spiro atoms. The van der Waals surface area contributed by atoms with Gasteiger partial charge in [-0.2, -0.15) is 8.78 Å². The van der Waals surface area contributed by atoms with Gasteiger partial charge in [-0.15, -0.1) is 0 Å². The van der Waals surface area contributed by atoms with Crippen molar-refractivity contribution in [2.24, 2.45) is 0 Å². The molecule has 1 atom stereocenters. The summed E-state index contributed by atoms with van der Waals surface area (Å²) in [6.45, 7) is 1.06. The van der Waals surface area contributed by atoms with E-state index in [1.54, 1.807) is 19.1 Å². The van der Waals surface area contributed by atoms with Gasteiger partial charge in [-0.3, -0.25) is 0 Å². The predicted octanol–water partition coefficient (Wildman–Crippen LogP) is 3.04. The van der Waals surface area contributed by atoms with Crippen LogP contribution in [-0.2, 0) is 9.53 Å². The second-order valence-corrected chi connectivity index (χ2v) is 3.76. The van der Waals surface area contributed by atoms with E-state index in [2.05, 4.69) is 10.1 Å². The lowest BCUT2D eigenvalue weighted by molar-refractivity contribution is -0.144. The van der Waals surface area contributed by atoms with E-state index < -0.39 is 12.7 Å². The summed E-state index contributed by atoms with van der Waals surface area (Å²) < 4.78 is 33.1. The van der Waals surface area contributed by atoms with Crippen LogP contribution < -0.4 is 10.1 Å². The Kier molecular flexibility index (Phi) is 6.05. The van der Waals surface area contributed by atoms with E-state index in [0.29, 0.717) is 18.7 Å². The first-order chi connectivity index (χ1) is 9.06. The van der Waals surface area contributed by atoms with Crippen molar-refractivity contribution in [3.63, 3.8) is 0 Å². The Bertz CT molecular complexity index is 395. The van der Waals surface area contributed by atoms with Crippen molar-refractivity contribution in [3.05, 3.63) is 24.3 Å². The minimum Gasteiger partial charge on any atom is -0.464 e. The molecule has 0 bridgehead atoms. The third-order valence-electron chi connectivity index (χ3n) is 2.40. The fourth-order valence-corrected chi connectivity index (χ4v) is 1.50. The summed E-state index contributed by atoms with van der Waals surface area (Å²) in [5.41, 5.74) is 0.640. The molecule has 1 unspecified atom stereocenters. The Morgan fingerprint density at radius 3 is 2.37 bits per heavy atom. The zero-order valence-electron chi connectivity index (χ0n) is 10.9. The highest BCUT2D eigenvalue weighted by Crippen LogP contribution is 2.18. The molecule has 1 N–H and O–H groups in total. The van der Waals surface area contributed by atoms with E-state index in [0.717, 1.165) is 0 Å². The van der Waals surface area contributed by atoms with Crippen LogP contribution in [0.15, 0.2) is 24.3 Å². The van der Waals surface area contributed by atoms with Gasteiger partial charge in [-0.1, -0.05) is 6.92 Å². The third kappa shape index (κ3) is 5.11. The van der Waals surface area contributed by atoms with Crippen molar-refractivity contribution in [1.82, 2.24) is 0 Å². The highest BCUT2D eigenvalue weighted by molar-refractivity contribution is 5.79. The Labute approximate surface area is 110 Å². The maximum absolute atomic E-state index is 12.0. The zero-order chi connectivity index (χ0) is 14.3. The number of rotatable bonds is 7. The molecule has 0 aliphatic carbocycles. The second kappa shape index (κ2) is 7.56. The average Bonchev–Trinajstić information content (AvgIpc) is 2.37. The van der Waals surface area contributed by atoms with E-state index in [4.69, 9.17) is 4.74 Å². The van der Waals surface area contributed by atoms with E-state index >= 15 is 0 Å². The maximum Gasteiger partial charge on any atom is 0.387 e. The summed E-state index contributed by atoms with van der Waals surface area (Å²) in [6.07, 6.45) is 0.564. The van der Waals surface area contributed by atoms with E-state index in [-0.39, 0.29) is 11.7 Å². The molecule has 0 aromatic heterocycles. The molecule has 19 heavy (non-hydrogen) atoms. The molecule has 0 fully saturated rings. The van der Waals surface area contributed by atoms with Crippen molar-refractivity contribution in [2.45, 2.75) is 32.9 Å². The lowest BCUT2D eigenvalue weighted by Crippen LogP contribution is -2.30. The van der Waals surface area contributed by atoms with Gasteiger partial charge in [0.2, 0.25) is 0 Å². The number of nitrogens with one attached hydrogen (secondary N) is 1. The normalized spacial score (nSPS) is 12.1. The molecule has 1 aromatic rings. The van der Waals surface area contributed by atoms with Crippen molar-refractivity contribution in [2.75, 3.05) is 11.9 Å². The SMILES string of the molecule is CCOC(=O)C(CC)Nc1ccc(OC(F)F)cc1. The fourth-order valence-electron chi connectivity index (χ4n) is 1.50. The van der Waals surface area contributed by atoms with Crippen molar-refractivity contribution < 1.29 is 23.0 Å². The Morgan fingerprint density at radius 1 is 1.26 bits per heavy atom. The number of halogens is 2. The second-order valence-electron chi connectivity index (χ2n) is 3.76. The fraction of sp³-hybridized carbons (Fsp3) is 0.462. The summed E-state index contributed by atoms with van der Waals surface area (Å²) in [7, 11) is 0. The number of ether oxygens (including phenoxy) is 2. The molecule has 0 heterocycles. The van der Waals surface area contributed by atoms with Gasteiger partial charge in [0.15, 0.2) is 0 Å². The molecule has 1 rings (SSSR count). The predicted molar refractivity (Wildman–Crippen MR) is 67.4 cm³/mol. The molecule has 1 aromatic carbocycles. The van der Waals surface area contributed by atoms with Crippen LogP contribution in [0.2, 0.25) is 0 Å². The highest BCUT2D eigenvalue weighted by atomic mass is 19.3. The molecule has 0 radical (unpaired) electrons. The zero-order valence-corrected chi connectivity index (χ0v) is 10.9. The van der Waals surface area contributed by atoms with Crippen LogP contribution in [0.4, 0.5) is 14.5 Å². The monoisotopic (exact) mass is 273 g/mol. The number of esters is 1. The quantitative estimate of drug-likeness (QED) is 0.776. The summed E-state index contributed by atoms with van der Waals surface area (Å²) in [6, 6.07) is 5.50. The third-order valence-corrected chi connectivity index (χ3v) is 2.40. The first kappa shape index (κ1) is 15.2. The van der Waals surface area contributed by atoms with Gasteiger partial charge in [-0.05, 0) is 37.6 Å². The van der Waals surface area contributed by atoms with Crippen LogP contribution >= 0.6 is 0 Å². The summed E-state index contributed by atoms with van der Waals surface area (Å²) in [5.74, 6) is -0.261. The van der Waals surface area contributed by atoms with Gasteiger partial charge < -0.3 is 14.8 Å². The number of hydrogen-bond donors (Lipinski definition) is 1. The first-order valence-electron chi connectivity index (χ1n) is 6.04. The van der Waals surface area contributed by atoms with Crippen molar-refractivity contribution >= 4 is 11.7 Å². The highest BCUT2D eigenvalue weighted by Gasteiger charge is 2.17. The molecular formula is C13H17F2NO3. The van der Waals surface area contributed by atoms with Crippen LogP contribution in [-0.4, -0.2) is 25.2 Å². The number of carbonyl (C=O) groups excluding carboxylic acids is 1. The summed E-state index contributed by atoms with van der Waals surface area (Å²) in [4.78, 5) is 11.6. The molecule has 6 heteroatoms. The van der Waals surface area contributed by atoms with Crippen LogP contribution in [0, 0.1) is 0 Å². The molecule has 0 amide bonds. The lowest BCUT2D eigenvalue weighted by Gasteiger charge is -2.16. The Balaban J connectivity index is 2.62. The summed E-state index contributed by atoms with van der Waals surface area (Å²) in [5, 5.41) is 2.98. The molecule has 0 saturated heterocycles. The average molecular weight is 273 g/mol. The molecule has 0 aliphatic rings. The summed E-state index contributed by atoms with van der Waals surface area (Å²) >= 11 is 0. The number of hydrogen-bond acceptors (Lipinski definition) is 4.